The summed E-state index contributed by atoms with van der Waals surface area (Å²) >= 11 is 0. The summed E-state index contributed by atoms with van der Waals surface area (Å²) in [4.78, 5) is 11.9. The van der Waals surface area contributed by atoms with Gasteiger partial charge in [0.2, 0.25) is 5.91 Å². The van der Waals surface area contributed by atoms with E-state index in [0.29, 0.717) is 26.4 Å². The summed E-state index contributed by atoms with van der Waals surface area (Å²) in [6.07, 6.45) is -0.0211. The van der Waals surface area contributed by atoms with Crippen LogP contribution in [0, 0.1) is 0 Å². The van der Waals surface area contributed by atoms with Crippen molar-refractivity contribution in [2.75, 3.05) is 39.3 Å². The van der Waals surface area contributed by atoms with E-state index in [-0.39, 0.29) is 18.4 Å². The van der Waals surface area contributed by atoms with Crippen molar-refractivity contribution in [1.29, 1.82) is 0 Å². The Bertz CT molecular complexity index is 422. The Morgan fingerprint density at radius 1 is 1.33 bits per heavy atom. The topological polar surface area (TPSA) is 82.8 Å². The molecule has 1 aromatic carbocycles. The number of methoxy groups -OCH3 is 2. The van der Waals surface area contributed by atoms with Crippen molar-refractivity contribution >= 4 is 11.6 Å². The first kappa shape index (κ1) is 17.6. The predicted octanol–water partition coefficient (Wildman–Crippen LogP) is 1.15. The largest absolute Gasteiger partial charge is 0.382 e. The van der Waals surface area contributed by atoms with Crippen molar-refractivity contribution in [2.24, 2.45) is 5.73 Å². The molecule has 3 N–H and O–H groups in total. The smallest absolute Gasteiger partial charge is 0.227 e. The molecule has 0 saturated carbocycles. The first-order valence-corrected chi connectivity index (χ1v) is 6.88. The van der Waals surface area contributed by atoms with E-state index in [2.05, 4.69) is 5.32 Å². The zero-order chi connectivity index (χ0) is 15.5. The zero-order valence-corrected chi connectivity index (χ0v) is 12.6. The van der Waals surface area contributed by atoms with Gasteiger partial charge in [0.05, 0.1) is 32.3 Å². The lowest BCUT2D eigenvalue weighted by Gasteiger charge is -2.13. The molecule has 6 nitrogen and oxygen atoms in total. The second kappa shape index (κ2) is 10.3. The van der Waals surface area contributed by atoms with E-state index in [9.17, 15) is 4.79 Å². The van der Waals surface area contributed by atoms with Gasteiger partial charge in [-0.25, -0.2) is 0 Å². The SMILES string of the molecule is COCCOCc1cccc(NC(=O)CC(CN)OC)c1. The Morgan fingerprint density at radius 2 is 2.14 bits per heavy atom. The fraction of sp³-hybridized carbons (Fsp3) is 0.533. The molecular weight excluding hydrogens is 272 g/mol. The second-order valence-corrected chi connectivity index (χ2v) is 4.59. The summed E-state index contributed by atoms with van der Waals surface area (Å²) in [6.45, 7) is 1.90. The van der Waals surface area contributed by atoms with Crippen molar-refractivity contribution in [2.45, 2.75) is 19.1 Å². The molecule has 118 valence electrons. The molecule has 1 amide bonds. The molecule has 21 heavy (non-hydrogen) atoms. The van der Waals surface area contributed by atoms with E-state index < -0.39 is 0 Å². The Morgan fingerprint density at radius 3 is 2.81 bits per heavy atom. The maximum absolute atomic E-state index is 11.9. The Hall–Kier alpha value is -1.47. The molecule has 0 heterocycles. The zero-order valence-electron chi connectivity index (χ0n) is 12.6. The molecule has 0 aromatic heterocycles. The predicted molar refractivity (Wildman–Crippen MR) is 81.1 cm³/mol. The molecule has 1 unspecified atom stereocenters. The first-order valence-electron chi connectivity index (χ1n) is 6.88. The summed E-state index contributed by atoms with van der Waals surface area (Å²) < 4.78 is 15.4. The number of hydrogen-bond acceptors (Lipinski definition) is 5. The summed E-state index contributed by atoms with van der Waals surface area (Å²) in [5.41, 5.74) is 7.22. The van der Waals surface area contributed by atoms with Crippen molar-refractivity contribution in [3.8, 4) is 0 Å². The van der Waals surface area contributed by atoms with Gasteiger partial charge in [0, 0.05) is 26.5 Å². The maximum atomic E-state index is 11.9. The minimum atomic E-state index is -0.259. The highest BCUT2D eigenvalue weighted by Crippen LogP contribution is 2.12. The lowest BCUT2D eigenvalue weighted by molar-refractivity contribution is -0.118. The van der Waals surface area contributed by atoms with Crippen LogP contribution in [0.1, 0.15) is 12.0 Å². The molecule has 0 fully saturated rings. The number of anilines is 1. The Balaban J connectivity index is 2.46. The molecule has 0 aliphatic carbocycles. The monoisotopic (exact) mass is 296 g/mol. The summed E-state index contributed by atoms with van der Waals surface area (Å²) in [7, 11) is 3.18. The summed E-state index contributed by atoms with van der Waals surface area (Å²) in [6, 6.07) is 7.54. The van der Waals surface area contributed by atoms with Gasteiger partial charge in [0.15, 0.2) is 0 Å². The van der Waals surface area contributed by atoms with Crippen LogP contribution in [0.25, 0.3) is 0 Å². The van der Waals surface area contributed by atoms with Crippen molar-refractivity contribution < 1.29 is 19.0 Å². The van der Waals surface area contributed by atoms with Crippen LogP contribution in [0.5, 0.6) is 0 Å². The molecule has 1 rings (SSSR count). The third-order valence-corrected chi connectivity index (χ3v) is 2.92. The molecule has 0 spiro atoms. The van der Waals surface area contributed by atoms with Gasteiger partial charge in [-0.2, -0.15) is 0 Å². The lowest BCUT2D eigenvalue weighted by Crippen LogP contribution is -2.28. The number of hydrogen-bond donors (Lipinski definition) is 2. The van der Waals surface area contributed by atoms with Crippen molar-refractivity contribution in [3.63, 3.8) is 0 Å². The molecule has 6 heteroatoms. The minimum absolute atomic E-state index is 0.121. The van der Waals surface area contributed by atoms with E-state index in [4.69, 9.17) is 19.9 Å². The summed E-state index contributed by atoms with van der Waals surface area (Å²) in [5, 5.41) is 2.83. The number of rotatable bonds is 10. The van der Waals surface area contributed by atoms with Gasteiger partial charge in [-0.05, 0) is 17.7 Å². The lowest BCUT2D eigenvalue weighted by atomic mass is 10.2. The molecule has 0 aliphatic heterocycles. The average molecular weight is 296 g/mol. The highest BCUT2D eigenvalue weighted by atomic mass is 16.5. The minimum Gasteiger partial charge on any atom is -0.382 e. The van der Waals surface area contributed by atoms with Crippen LogP contribution in [0.15, 0.2) is 24.3 Å². The number of benzene rings is 1. The molecule has 0 saturated heterocycles. The van der Waals surface area contributed by atoms with Gasteiger partial charge in [-0.15, -0.1) is 0 Å². The number of carbonyl (C=O) groups is 1. The van der Waals surface area contributed by atoms with Gasteiger partial charge < -0.3 is 25.3 Å². The number of carbonyl (C=O) groups excluding carboxylic acids is 1. The standard InChI is InChI=1S/C15H24N2O4/c1-19-6-7-21-11-12-4-3-5-13(8-12)17-15(18)9-14(10-16)20-2/h3-5,8,14H,6-7,9-11,16H2,1-2H3,(H,17,18). The van der Waals surface area contributed by atoms with Gasteiger partial charge in [0.1, 0.15) is 0 Å². The summed E-state index contributed by atoms with van der Waals surface area (Å²) in [5.74, 6) is -0.121. The fourth-order valence-electron chi connectivity index (χ4n) is 1.75. The second-order valence-electron chi connectivity index (χ2n) is 4.59. The maximum Gasteiger partial charge on any atom is 0.227 e. The third kappa shape index (κ3) is 7.19. The van der Waals surface area contributed by atoms with Gasteiger partial charge in [0.25, 0.3) is 0 Å². The van der Waals surface area contributed by atoms with Crippen LogP contribution in [0.4, 0.5) is 5.69 Å². The third-order valence-electron chi connectivity index (χ3n) is 2.92. The molecule has 1 aromatic rings. The average Bonchev–Trinajstić information content (AvgIpc) is 2.49. The molecule has 0 radical (unpaired) electrons. The van der Waals surface area contributed by atoms with Crippen LogP contribution in [0.3, 0.4) is 0 Å². The van der Waals surface area contributed by atoms with Gasteiger partial charge >= 0.3 is 0 Å². The number of nitrogens with two attached hydrogens (primary N) is 1. The van der Waals surface area contributed by atoms with Crippen LogP contribution < -0.4 is 11.1 Å². The van der Waals surface area contributed by atoms with E-state index in [1.807, 2.05) is 24.3 Å². The number of ether oxygens (including phenoxy) is 3. The van der Waals surface area contributed by atoms with E-state index in [0.717, 1.165) is 11.3 Å². The number of amides is 1. The highest BCUT2D eigenvalue weighted by molar-refractivity contribution is 5.91. The van der Waals surface area contributed by atoms with Crippen molar-refractivity contribution in [1.82, 2.24) is 0 Å². The molecular formula is C15H24N2O4. The molecule has 0 bridgehead atoms. The normalized spacial score (nSPS) is 12.1. The van der Waals surface area contributed by atoms with Crippen LogP contribution in [0.2, 0.25) is 0 Å². The van der Waals surface area contributed by atoms with E-state index in [1.54, 1.807) is 14.2 Å². The van der Waals surface area contributed by atoms with Crippen LogP contribution in [-0.2, 0) is 25.6 Å². The van der Waals surface area contributed by atoms with Gasteiger partial charge in [-0.3, -0.25) is 4.79 Å². The first-order chi connectivity index (χ1) is 10.2. The fourth-order valence-corrected chi connectivity index (χ4v) is 1.75. The van der Waals surface area contributed by atoms with E-state index in [1.165, 1.54) is 0 Å². The van der Waals surface area contributed by atoms with Gasteiger partial charge in [-0.1, -0.05) is 12.1 Å². The van der Waals surface area contributed by atoms with Crippen LogP contribution >= 0.6 is 0 Å². The van der Waals surface area contributed by atoms with Crippen LogP contribution in [-0.4, -0.2) is 46.0 Å². The van der Waals surface area contributed by atoms with Crippen molar-refractivity contribution in [3.05, 3.63) is 29.8 Å². The highest BCUT2D eigenvalue weighted by Gasteiger charge is 2.11. The van der Waals surface area contributed by atoms with E-state index >= 15 is 0 Å². The Kier molecular flexibility index (Phi) is 8.61. The molecule has 0 aliphatic rings. The Labute approximate surface area is 125 Å². The quantitative estimate of drug-likeness (QED) is 0.633. The molecule has 1 atom stereocenters. The number of nitrogens with one attached hydrogen (secondary N) is 1.